The lowest BCUT2D eigenvalue weighted by molar-refractivity contribution is -0.0965. The van der Waals surface area contributed by atoms with E-state index in [2.05, 4.69) is 10.2 Å². The van der Waals surface area contributed by atoms with Gasteiger partial charge in [0.25, 0.3) is 0 Å². The van der Waals surface area contributed by atoms with Gasteiger partial charge >= 0.3 is 6.55 Å². The summed E-state index contributed by atoms with van der Waals surface area (Å²) in [5, 5.41) is 0. The smallest absolute Gasteiger partial charge is 0.304 e. The summed E-state index contributed by atoms with van der Waals surface area (Å²) in [5.41, 5.74) is 4.04. The largest absolute Gasteiger partial charge is 0.359 e. The van der Waals surface area contributed by atoms with Crippen molar-refractivity contribution in [2.75, 3.05) is 13.9 Å². The normalized spacial score (nSPS) is 13.8. The third-order valence-electron chi connectivity index (χ3n) is 1.11. The van der Waals surface area contributed by atoms with E-state index in [-0.39, 0.29) is 6.79 Å². The Morgan fingerprint density at radius 2 is 2.00 bits per heavy atom. The summed E-state index contributed by atoms with van der Waals surface area (Å²) in [7, 11) is 1.47. The van der Waals surface area contributed by atoms with Gasteiger partial charge in [-0.2, -0.15) is 14.2 Å². The highest BCUT2D eigenvalue weighted by Crippen LogP contribution is 1.92. The zero-order chi connectivity index (χ0) is 9.40. The topological polar surface area (TPSA) is 42.5 Å². The first-order valence-electron chi connectivity index (χ1n) is 3.60. The quantitative estimate of drug-likeness (QED) is 0.346. The summed E-state index contributed by atoms with van der Waals surface area (Å²) >= 11 is 0. The molecule has 0 aliphatic heterocycles. The molecular formula is C6H14F2N2O2. The average molecular weight is 184 g/mol. The van der Waals surface area contributed by atoms with Crippen LogP contribution in [0.3, 0.4) is 0 Å². The average Bonchev–Trinajstić information content (AvgIpc) is 2.05. The van der Waals surface area contributed by atoms with E-state index in [4.69, 9.17) is 4.74 Å². The molecule has 0 spiro atoms. The van der Waals surface area contributed by atoms with E-state index in [0.717, 1.165) is 0 Å². The van der Waals surface area contributed by atoms with Crippen LogP contribution in [-0.2, 0) is 9.47 Å². The van der Waals surface area contributed by atoms with Gasteiger partial charge in [0, 0.05) is 7.11 Å². The van der Waals surface area contributed by atoms with Gasteiger partial charge in [-0.3, -0.25) is 0 Å². The number of hydrogen-bond acceptors (Lipinski definition) is 4. The maximum atomic E-state index is 11.6. The number of ether oxygens (including phenoxy) is 2. The third-order valence-corrected chi connectivity index (χ3v) is 1.11. The first kappa shape index (κ1) is 11.7. The summed E-state index contributed by atoms with van der Waals surface area (Å²) in [6.07, 6.45) is 0.113. The molecule has 0 amide bonds. The SMILES string of the molecule is CC[C@H](NNC(F)F)OCOC. The lowest BCUT2D eigenvalue weighted by Gasteiger charge is -2.17. The molecule has 74 valence electrons. The molecule has 0 heterocycles. The van der Waals surface area contributed by atoms with E-state index in [1.54, 1.807) is 12.3 Å². The number of rotatable bonds is 7. The van der Waals surface area contributed by atoms with E-state index >= 15 is 0 Å². The first-order valence-corrected chi connectivity index (χ1v) is 3.60. The number of hydrogen-bond donors (Lipinski definition) is 2. The fourth-order valence-corrected chi connectivity index (χ4v) is 0.568. The molecule has 0 radical (unpaired) electrons. The molecule has 0 aromatic carbocycles. The van der Waals surface area contributed by atoms with Crippen LogP contribution in [0.25, 0.3) is 0 Å². The van der Waals surface area contributed by atoms with E-state index in [0.29, 0.717) is 6.42 Å². The van der Waals surface area contributed by atoms with Crippen LogP contribution in [0.2, 0.25) is 0 Å². The molecule has 0 aromatic heterocycles. The van der Waals surface area contributed by atoms with E-state index in [9.17, 15) is 8.78 Å². The van der Waals surface area contributed by atoms with Crippen LogP contribution in [0.4, 0.5) is 8.78 Å². The lowest BCUT2D eigenvalue weighted by atomic mass is 10.4. The Labute approximate surface area is 70.2 Å². The molecule has 0 unspecified atom stereocenters. The van der Waals surface area contributed by atoms with Crippen LogP contribution in [0.5, 0.6) is 0 Å². The monoisotopic (exact) mass is 184 g/mol. The number of nitrogens with one attached hydrogen (secondary N) is 2. The summed E-state index contributed by atoms with van der Waals surface area (Å²) < 4.78 is 32.8. The van der Waals surface area contributed by atoms with Gasteiger partial charge in [-0.1, -0.05) is 6.92 Å². The van der Waals surface area contributed by atoms with Gasteiger partial charge in [-0.05, 0) is 6.42 Å². The number of hydrazine groups is 1. The molecule has 0 saturated heterocycles. The van der Waals surface area contributed by atoms with E-state index in [1.807, 2.05) is 0 Å². The van der Waals surface area contributed by atoms with Crippen molar-refractivity contribution in [3.63, 3.8) is 0 Å². The molecule has 4 nitrogen and oxygen atoms in total. The predicted molar refractivity (Wildman–Crippen MR) is 39.3 cm³/mol. The van der Waals surface area contributed by atoms with Crippen LogP contribution >= 0.6 is 0 Å². The summed E-state index contributed by atoms with van der Waals surface area (Å²) in [6.45, 7) is -0.707. The molecule has 0 saturated carbocycles. The van der Waals surface area contributed by atoms with Crippen LogP contribution in [0.15, 0.2) is 0 Å². The standard InChI is InChI=1S/C6H14F2N2O2/c1-3-5(12-4-11-2)9-10-6(7)8/h5-6,9-10H,3-4H2,1-2H3/t5-/m1/s1. The molecule has 0 aliphatic rings. The summed E-state index contributed by atoms with van der Waals surface area (Å²) in [4.78, 5) is 0. The molecule has 2 N–H and O–H groups in total. The van der Waals surface area contributed by atoms with Crippen molar-refractivity contribution in [2.45, 2.75) is 26.1 Å². The Bertz CT molecular complexity index is 106. The van der Waals surface area contributed by atoms with E-state index in [1.165, 1.54) is 7.11 Å². The van der Waals surface area contributed by atoms with Gasteiger partial charge in [0.05, 0.1) is 0 Å². The highest BCUT2D eigenvalue weighted by atomic mass is 19.3. The van der Waals surface area contributed by atoms with Crippen molar-refractivity contribution in [3.05, 3.63) is 0 Å². The first-order chi connectivity index (χ1) is 5.70. The Kier molecular flexibility index (Phi) is 7.17. The molecule has 0 rings (SSSR count). The zero-order valence-corrected chi connectivity index (χ0v) is 7.14. The van der Waals surface area contributed by atoms with Crippen LogP contribution < -0.4 is 10.9 Å². The number of halogens is 2. The van der Waals surface area contributed by atoms with Gasteiger partial charge in [0.15, 0.2) is 0 Å². The van der Waals surface area contributed by atoms with Crippen molar-refractivity contribution < 1.29 is 18.3 Å². The van der Waals surface area contributed by atoms with Gasteiger partial charge < -0.3 is 9.47 Å². The lowest BCUT2D eigenvalue weighted by Crippen LogP contribution is -2.44. The fraction of sp³-hybridized carbons (Fsp3) is 1.00. The molecule has 12 heavy (non-hydrogen) atoms. The fourth-order valence-electron chi connectivity index (χ4n) is 0.568. The predicted octanol–water partition coefficient (Wildman–Crippen LogP) is 0.660. The minimum absolute atomic E-state index is 0.0798. The second-order valence-corrected chi connectivity index (χ2v) is 2.06. The highest BCUT2D eigenvalue weighted by Gasteiger charge is 2.07. The van der Waals surface area contributed by atoms with Crippen LogP contribution in [0.1, 0.15) is 13.3 Å². The van der Waals surface area contributed by atoms with Gasteiger partial charge in [-0.15, -0.1) is 0 Å². The zero-order valence-electron chi connectivity index (χ0n) is 7.14. The third kappa shape index (κ3) is 6.41. The molecule has 1 atom stereocenters. The number of alkyl halides is 2. The van der Waals surface area contributed by atoms with Crippen molar-refractivity contribution in [2.24, 2.45) is 0 Å². The summed E-state index contributed by atoms with van der Waals surface area (Å²) in [5.74, 6) is 0. The van der Waals surface area contributed by atoms with Gasteiger partial charge in [0.1, 0.15) is 13.0 Å². The highest BCUT2D eigenvalue weighted by molar-refractivity contribution is 4.46. The van der Waals surface area contributed by atoms with Crippen molar-refractivity contribution >= 4 is 0 Å². The second-order valence-electron chi connectivity index (χ2n) is 2.06. The van der Waals surface area contributed by atoms with E-state index < -0.39 is 12.8 Å². The summed E-state index contributed by atoms with van der Waals surface area (Å²) in [6, 6.07) is 0. The molecule has 6 heteroatoms. The molecular weight excluding hydrogens is 170 g/mol. The van der Waals surface area contributed by atoms with Crippen molar-refractivity contribution in [3.8, 4) is 0 Å². The van der Waals surface area contributed by atoms with Gasteiger partial charge in [0.2, 0.25) is 0 Å². The Hall–Kier alpha value is -0.300. The Balaban J connectivity index is 3.39. The Morgan fingerprint density at radius 1 is 1.33 bits per heavy atom. The van der Waals surface area contributed by atoms with Crippen LogP contribution in [0, 0.1) is 0 Å². The van der Waals surface area contributed by atoms with Gasteiger partial charge in [-0.25, -0.2) is 5.43 Å². The minimum Gasteiger partial charge on any atom is -0.359 e. The Morgan fingerprint density at radius 3 is 2.42 bits per heavy atom. The maximum Gasteiger partial charge on any atom is 0.304 e. The minimum atomic E-state index is -2.59. The molecule has 0 fully saturated rings. The molecule has 0 aromatic rings. The van der Waals surface area contributed by atoms with Crippen molar-refractivity contribution in [1.29, 1.82) is 0 Å². The van der Waals surface area contributed by atoms with Crippen LogP contribution in [-0.4, -0.2) is 26.7 Å². The maximum absolute atomic E-state index is 11.6. The second kappa shape index (κ2) is 7.35. The number of methoxy groups -OCH3 is 1. The molecule has 0 aliphatic carbocycles. The van der Waals surface area contributed by atoms with Crippen molar-refractivity contribution in [1.82, 2.24) is 10.9 Å². The molecule has 0 bridgehead atoms.